The van der Waals surface area contributed by atoms with Gasteiger partial charge in [0.25, 0.3) is 5.91 Å². The van der Waals surface area contributed by atoms with E-state index in [1.807, 2.05) is 38.1 Å². The quantitative estimate of drug-likeness (QED) is 0.595. The fraction of sp³-hybridized carbons (Fsp3) is 0.458. The highest BCUT2D eigenvalue weighted by molar-refractivity contribution is 7.89. The van der Waals surface area contributed by atoms with E-state index in [9.17, 15) is 13.2 Å². The first-order chi connectivity index (χ1) is 14.8. The lowest BCUT2D eigenvalue weighted by Gasteiger charge is -2.18. The van der Waals surface area contributed by atoms with Gasteiger partial charge in [0.1, 0.15) is 5.75 Å². The number of carbonyl (C=O) groups is 1. The van der Waals surface area contributed by atoms with Gasteiger partial charge in [-0.1, -0.05) is 18.2 Å². The summed E-state index contributed by atoms with van der Waals surface area (Å²) < 4.78 is 33.1. The Balaban J connectivity index is 1.58. The first-order valence-corrected chi connectivity index (χ1v) is 12.4. The SMILES string of the molecule is Cc1ccc(C(=O)NCCCc2cccc(OC(C)C)c2)cc1S(=O)(=O)N1CCCC1. The highest BCUT2D eigenvalue weighted by Crippen LogP contribution is 2.24. The van der Waals surface area contributed by atoms with E-state index >= 15 is 0 Å². The zero-order valence-corrected chi connectivity index (χ0v) is 19.4. The summed E-state index contributed by atoms with van der Waals surface area (Å²) in [6, 6.07) is 12.9. The van der Waals surface area contributed by atoms with Crippen molar-refractivity contribution in [2.24, 2.45) is 0 Å². The van der Waals surface area contributed by atoms with E-state index in [-0.39, 0.29) is 16.9 Å². The Hall–Kier alpha value is -2.38. The predicted octanol–water partition coefficient (Wildman–Crippen LogP) is 3.93. The zero-order valence-electron chi connectivity index (χ0n) is 18.6. The molecule has 0 atom stereocenters. The molecule has 2 aromatic carbocycles. The van der Waals surface area contributed by atoms with Crippen molar-refractivity contribution in [3.63, 3.8) is 0 Å². The summed E-state index contributed by atoms with van der Waals surface area (Å²) in [6.45, 7) is 7.35. The molecule has 3 rings (SSSR count). The van der Waals surface area contributed by atoms with E-state index < -0.39 is 10.0 Å². The lowest BCUT2D eigenvalue weighted by molar-refractivity contribution is 0.0953. The molecular formula is C24H32N2O4S. The second-order valence-electron chi connectivity index (χ2n) is 8.26. The molecule has 0 saturated carbocycles. The first kappa shape index (κ1) is 23.3. The third-order valence-electron chi connectivity index (χ3n) is 5.33. The minimum Gasteiger partial charge on any atom is -0.491 e. The highest BCUT2D eigenvalue weighted by atomic mass is 32.2. The molecule has 1 amide bonds. The smallest absolute Gasteiger partial charge is 0.251 e. The average Bonchev–Trinajstić information content (AvgIpc) is 3.27. The van der Waals surface area contributed by atoms with Gasteiger partial charge in [-0.2, -0.15) is 4.31 Å². The highest BCUT2D eigenvalue weighted by Gasteiger charge is 2.29. The molecule has 2 aromatic rings. The number of rotatable bonds is 9. The maximum Gasteiger partial charge on any atom is 0.251 e. The fourth-order valence-electron chi connectivity index (χ4n) is 3.73. The van der Waals surface area contributed by atoms with Crippen molar-refractivity contribution >= 4 is 15.9 Å². The Morgan fingerprint density at radius 3 is 2.58 bits per heavy atom. The Kier molecular flexibility index (Phi) is 7.73. The van der Waals surface area contributed by atoms with Crippen molar-refractivity contribution in [2.45, 2.75) is 57.5 Å². The Bertz CT molecular complexity index is 1010. The molecule has 6 nitrogen and oxygen atoms in total. The number of nitrogens with zero attached hydrogens (tertiary/aromatic N) is 1. The summed E-state index contributed by atoms with van der Waals surface area (Å²) >= 11 is 0. The van der Waals surface area contributed by atoms with E-state index in [1.54, 1.807) is 19.1 Å². The molecule has 1 N–H and O–H groups in total. The van der Waals surface area contributed by atoms with Crippen molar-refractivity contribution in [1.82, 2.24) is 9.62 Å². The molecule has 7 heteroatoms. The lowest BCUT2D eigenvalue weighted by Crippen LogP contribution is -2.29. The molecule has 0 aromatic heterocycles. The molecule has 168 valence electrons. The van der Waals surface area contributed by atoms with Gasteiger partial charge >= 0.3 is 0 Å². The van der Waals surface area contributed by atoms with E-state index in [0.29, 0.717) is 30.8 Å². The van der Waals surface area contributed by atoms with Crippen LogP contribution in [0.5, 0.6) is 5.75 Å². The first-order valence-electron chi connectivity index (χ1n) is 10.9. The standard InChI is InChI=1S/C24H32N2O4S/c1-18(2)30-22-10-6-8-20(16-22)9-7-13-25-24(27)21-12-11-19(3)23(17-21)31(28,29)26-14-4-5-15-26/h6,8,10-12,16-18H,4-5,7,9,13-15H2,1-3H3,(H,25,27). The number of hydrogen-bond acceptors (Lipinski definition) is 4. The minimum atomic E-state index is -3.56. The summed E-state index contributed by atoms with van der Waals surface area (Å²) in [5, 5.41) is 2.91. The van der Waals surface area contributed by atoms with Gasteiger partial charge in [-0.15, -0.1) is 0 Å². The molecule has 1 fully saturated rings. The van der Waals surface area contributed by atoms with Gasteiger partial charge in [0.15, 0.2) is 0 Å². The maximum atomic E-state index is 12.9. The lowest BCUT2D eigenvalue weighted by atomic mass is 10.1. The molecule has 1 aliphatic heterocycles. The van der Waals surface area contributed by atoms with Crippen LogP contribution < -0.4 is 10.1 Å². The number of ether oxygens (including phenoxy) is 1. The van der Waals surface area contributed by atoms with Crippen LogP contribution in [0.15, 0.2) is 47.4 Å². The van der Waals surface area contributed by atoms with E-state index in [0.717, 1.165) is 37.0 Å². The molecule has 0 aliphatic carbocycles. The number of amides is 1. The van der Waals surface area contributed by atoms with Crippen LogP contribution in [0.4, 0.5) is 0 Å². The maximum absolute atomic E-state index is 12.9. The van der Waals surface area contributed by atoms with E-state index in [4.69, 9.17) is 4.74 Å². The monoisotopic (exact) mass is 444 g/mol. The van der Waals surface area contributed by atoms with Gasteiger partial charge < -0.3 is 10.1 Å². The second kappa shape index (κ2) is 10.3. The normalized spacial score (nSPS) is 14.7. The third kappa shape index (κ3) is 6.08. The van der Waals surface area contributed by atoms with Gasteiger partial charge in [0, 0.05) is 25.2 Å². The fourth-order valence-corrected chi connectivity index (χ4v) is 5.50. The van der Waals surface area contributed by atoms with Crippen LogP contribution in [0.3, 0.4) is 0 Å². The summed E-state index contributed by atoms with van der Waals surface area (Å²) in [5.74, 6) is 0.595. The summed E-state index contributed by atoms with van der Waals surface area (Å²) in [6.07, 6.45) is 3.48. The molecule has 0 spiro atoms. The van der Waals surface area contributed by atoms with Gasteiger partial charge in [0.2, 0.25) is 10.0 Å². The van der Waals surface area contributed by atoms with Gasteiger partial charge in [-0.3, -0.25) is 4.79 Å². The van der Waals surface area contributed by atoms with Crippen LogP contribution in [-0.2, 0) is 16.4 Å². The van der Waals surface area contributed by atoms with Crippen LogP contribution in [0.25, 0.3) is 0 Å². The Morgan fingerprint density at radius 1 is 1.13 bits per heavy atom. The van der Waals surface area contributed by atoms with Gasteiger partial charge in [0.05, 0.1) is 11.0 Å². The molecule has 0 bridgehead atoms. The van der Waals surface area contributed by atoms with Crippen LogP contribution in [-0.4, -0.2) is 44.4 Å². The van der Waals surface area contributed by atoms with Crippen molar-refractivity contribution in [1.29, 1.82) is 0 Å². The van der Waals surface area contributed by atoms with Crippen molar-refractivity contribution < 1.29 is 17.9 Å². The molecule has 0 radical (unpaired) electrons. The van der Waals surface area contributed by atoms with Crippen LogP contribution >= 0.6 is 0 Å². The van der Waals surface area contributed by atoms with E-state index in [2.05, 4.69) is 5.32 Å². The number of carbonyl (C=O) groups excluding carboxylic acids is 1. The number of hydrogen-bond donors (Lipinski definition) is 1. The van der Waals surface area contributed by atoms with Crippen molar-refractivity contribution in [3.05, 3.63) is 59.2 Å². The van der Waals surface area contributed by atoms with Crippen LogP contribution in [0.1, 0.15) is 54.6 Å². The second-order valence-corrected chi connectivity index (χ2v) is 10.2. The topological polar surface area (TPSA) is 75.7 Å². The summed E-state index contributed by atoms with van der Waals surface area (Å²) in [7, 11) is -3.56. The molecular weight excluding hydrogens is 412 g/mol. The van der Waals surface area contributed by atoms with Crippen LogP contribution in [0.2, 0.25) is 0 Å². The van der Waals surface area contributed by atoms with Crippen molar-refractivity contribution in [3.8, 4) is 5.75 Å². The minimum absolute atomic E-state index is 0.128. The number of nitrogens with one attached hydrogen (secondary N) is 1. The van der Waals surface area contributed by atoms with Gasteiger partial charge in [-0.05, 0) is 81.8 Å². The molecule has 31 heavy (non-hydrogen) atoms. The average molecular weight is 445 g/mol. The molecule has 0 unspecified atom stereocenters. The third-order valence-corrected chi connectivity index (χ3v) is 7.37. The predicted molar refractivity (Wildman–Crippen MR) is 122 cm³/mol. The summed E-state index contributed by atoms with van der Waals surface area (Å²) in [4.78, 5) is 12.8. The molecule has 1 heterocycles. The number of benzene rings is 2. The number of sulfonamides is 1. The number of aryl methyl sites for hydroxylation is 2. The molecule has 1 aliphatic rings. The Morgan fingerprint density at radius 2 is 1.87 bits per heavy atom. The largest absolute Gasteiger partial charge is 0.491 e. The van der Waals surface area contributed by atoms with Gasteiger partial charge in [-0.25, -0.2) is 8.42 Å². The Labute approximate surface area is 185 Å². The van der Waals surface area contributed by atoms with Crippen molar-refractivity contribution in [2.75, 3.05) is 19.6 Å². The van der Waals surface area contributed by atoms with Crippen LogP contribution in [0, 0.1) is 6.92 Å². The zero-order chi connectivity index (χ0) is 22.4. The molecule has 1 saturated heterocycles. The summed E-state index contributed by atoms with van der Waals surface area (Å²) in [5.41, 5.74) is 2.18. The van der Waals surface area contributed by atoms with E-state index in [1.165, 1.54) is 10.4 Å².